The van der Waals surface area contributed by atoms with Crippen molar-refractivity contribution in [2.75, 3.05) is 25.5 Å². The van der Waals surface area contributed by atoms with E-state index in [1.807, 2.05) is 49.1 Å². The molecule has 0 spiro atoms. The summed E-state index contributed by atoms with van der Waals surface area (Å²) in [6, 6.07) is 12.0. The van der Waals surface area contributed by atoms with Crippen LogP contribution < -0.4 is 10.1 Å². The molecular weight excluding hydrogens is 326 g/mol. The Morgan fingerprint density at radius 2 is 2.04 bits per heavy atom. The molecule has 1 amide bonds. The Morgan fingerprint density at radius 3 is 2.73 bits per heavy atom. The highest BCUT2D eigenvalue weighted by Crippen LogP contribution is 2.29. The third-order valence-electron chi connectivity index (χ3n) is 4.85. The predicted molar refractivity (Wildman–Crippen MR) is 104 cm³/mol. The van der Waals surface area contributed by atoms with Crippen LogP contribution in [0.4, 0.5) is 11.4 Å². The van der Waals surface area contributed by atoms with Gasteiger partial charge in [0.15, 0.2) is 0 Å². The number of anilines is 2. The van der Waals surface area contributed by atoms with Crippen LogP contribution in [0.5, 0.6) is 5.75 Å². The molecule has 26 heavy (non-hydrogen) atoms. The first-order valence-corrected chi connectivity index (χ1v) is 9.26. The van der Waals surface area contributed by atoms with Crippen LogP contribution in [-0.4, -0.2) is 36.0 Å². The summed E-state index contributed by atoms with van der Waals surface area (Å²) in [6.07, 6.45) is 2.68. The van der Waals surface area contributed by atoms with Crippen LogP contribution >= 0.6 is 0 Å². The predicted octanol–water partition coefficient (Wildman–Crippen LogP) is 4.26. The summed E-state index contributed by atoms with van der Waals surface area (Å²) >= 11 is 0. The Balaban J connectivity index is 1.77. The molecule has 5 heteroatoms. The number of amides is 1. The molecule has 2 heterocycles. The summed E-state index contributed by atoms with van der Waals surface area (Å²) in [5, 5.41) is 3.44. The molecule has 1 aliphatic rings. The van der Waals surface area contributed by atoms with Gasteiger partial charge < -0.3 is 15.0 Å². The molecule has 1 atom stereocenters. The maximum Gasteiger partial charge on any atom is 0.222 e. The average molecular weight is 353 g/mol. The molecule has 5 nitrogen and oxygen atoms in total. The third kappa shape index (κ3) is 4.34. The van der Waals surface area contributed by atoms with Crippen molar-refractivity contribution in [3.8, 4) is 5.75 Å². The summed E-state index contributed by atoms with van der Waals surface area (Å²) in [5.74, 6) is 1.37. The Bertz CT molecular complexity index is 758. The highest BCUT2D eigenvalue weighted by atomic mass is 16.5. The average Bonchev–Trinajstić information content (AvgIpc) is 2.67. The van der Waals surface area contributed by atoms with Gasteiger partial charge in [-0.15, -0.1) is 0 Å². The summed E-state index contributed by atoms with van der Waals surface area (Å²) in [4.78, 5) is 18.8. The highest BCUT2D eigenvalue weighted by molar-refractivity contribution is 5.76. The van der Waals surface area contributed by atoms with Gasteiger partial charge in [-0.05, 0) is 56.2 Å². The van der Waals surface area contributed by atoms with Gasteiger partial charge in [-0.3, -0.25) is 9.78 Å². The molecule has 0 aliphatic carbocycles. The van der Waals surface area contributed by atoms with Crippen LogP contribution in [-0.2, 0) is 4.79 Å². The van der Waals surface area contributed by atoms with E-state index in [4.69, 9.17) is 9.72 Å². The van der Waals surface area contributed by atoms with Gasteiger partial charge in [0.1, 0.15) is 5.75 Å². The van der Waals surface area contributed by atoms with E-state index >= 15 is 0 Å². The van der Waals surface area contributed by atoms with Crippen molar-refractivity contribution in [1.82, 2.24) is 9.88 Å². The number of rotatable bonds is 5. The van der Waals surface area contributed by atoms with Crippen molar-refractivity contribution >= 4 is 17.3 Å². The van der Waals surface area contributed by atoms with E-state index in [0.717, 1.165) is 54.4 Å². The number of carbonyl (C=O) groups excluding carboxylic acids is 1. The van der Waals surface area contributed by atoms with Crippen molar-refractivity contribution in [2.24, 2.45) is 0 Å². The van der Waals surface area contributed by atoms with E-state index in [-0.39, 0.29) is 5.91 Å². The standard InChI is InChI=1S/C21H27N3O2/c1-4-21(25)24-11-5-6-16(14-24)20-13-18(12-15(2)22-20)23-17-7-9-19(26-3)10-8-17/h7-10,12-13,16H,4-6,11,14H2,1-3H3,(H,22,23). The number of benzene rings is 1. The lowest BCUT2D eigenvalue weighted by molar-refractivity contribution is -0.132. The number of hydrogen-bond donors (Lipinski definition) is 1. The third-order valence-corrected chi connectivity index (χ3v) is 4.85. The Morgan fingerprint density at radius 1 is 1.27 bits per heavy atom. The topological polar surface area (TPSA) is 54.5 Å². The molecule has 0 bridgehead atoms. The van der Waals surface area contributed by atoms with Gasteiger partial charge in [-0.2, -0.15) is 0 Å². The molecule has 1 saturated heterocycles. The first kappa shape index (κ1) is 18.2. The number of aryl methyl sites for hydroxylation is 1. The zero-order valence-corrected chi connectivity index (χ0v) is 15.8. The van der Waals surface area contributed by atoms with Gasteiger partial charge in [-0.25, -0.2) is 0 Å². The maximum absolute atomic E-state index is 12.1. The lowest BCUT2D eigenvalue weighted by Gasteiger charge is -2.32. The summed E-state index contributed by atoms with van der Waals surface area (Å²) in [5.41, 5.74) is 4.08. The number of hydrogen-bond acceptors (Lipinski definition) is 4. The minimum absolute atomic E-state index is 0.235. The number of pyridine rings is 1. The minimum atomic E-state index is 0.235. The Hall–Kier alpha value is -2.56. The van der Waals surface area contributed by atoms with E-state index in [1.54, 1.807) is 7.11 Å². The van der Waals surface area contributed by atoms with Crippen molar-refractivity contribution in [3.05, 3.63) is 47.8 Å². The summed E-state index contributed by atoms with van der Waals surface area (Å²) < 4.78 is 5.21. The molecular formula is C21H27N3O2. The van der Waals surface area contributed by atoms with Gasteiger partial charge >= 0.3 is 0 Å². The number of methoxy groups -OCH3 is 1. The normalized spacial score (nSPS) is 17.0. The number of carbonyl (C=O) groups is 1. The largest absolute Gasteiger partial charge is 0.497 e. The lowest BCUT2D eigenvalue weighted by atomic mass is 9.93. The van der Waals surface area contributed by atoms with Gasteiger partial charge in [-0.1, -0.05) is 6.92 Å². The van der Waals surface area contributed by atoms with E-state index < -0.39 is 0 Å². The first-order valence-electron chi connectivity index (χ1n) is 9.26. The molecule has 1 fully saturated rings. The maximum atomic E-state index is 12.1. The Labute approximate surface area is 155 Å². The van der Waals surface area contributed by atoms with Gasteiger partial charge in [0.2, 0.25) is 5.91 Å². The second kappa shape index (κ2) is 8.21. The van der Waals surface area contributed by atoms with Crippen LogP contribution in [0.15, 0.2) is 36.4 Å². The van der Waals surface area contributed by atoms with Gasteiger partial charge in [0, 0.05) is 48.2 Å². The van der Waals surface area contributed by atoms with Crippen LogP contribution in [0.2, 0.25) is 0 Å². The number of nitrogens with one attached hydrogen (secondary N) is 1. The van der Waals surface area contributed by atoms with E-state index in [1.165, 1.54) is 0 Å². The molecule has 138 valence electrons. The SMILES string of the molecule is CCC(=O)N1CCCC(c2cc(Nc3ccc(OC)cc3)cc(C)n2)C1. The van der Waals surface area contributed by atoms with Crippen molar-refractivity contribution in [2.45, 2.75) is 39.0 Å². The minimum Gasteiger partial charge on any atom is -0.497 e. The molecule has 3 rings (SSSR count). The molecule has 1 unspecified atom stereocenters. The highest BCUT2D eigenvalue weighted by Gasteiger charge is 2.25. The first-order chi connectivity index (χ1) is 12.6. The fraction of sp³-hybridized carbons (Fsp3) is 0.429. The monoisotopic (exact) mass is 353 g/mol. The van der Waals surface area contributed by atoms with E-state index in [0.29, 0.717) is 12.3 Å². The van der Waals surface area contributed by atoms with Crippen molar-refractivity contribution in [3.63, 3.8) is 0 Å². The number of likely N-dealkylation sites (tertiary alicyclic amines) is 1. The van der Waals surface area contributed by atoms with Crippen LogP contribution in [0.25, 0.3) is 0 Å². The van der Waals surface area contributed by atoms with Crippen LogP contribution in [0.1, 0.15) is 43.5 Å². The fourth-order valence-electron chi connectivity index (χ4n) is 3.49. The number of piperidine rings is 1. The lowest BCUT2D eigenvalue weighted by Crippen LogP contribution is -2.38. The second-order valence-electron chi connectivity index (χ2n) is 6.81. The number of aromatic nitrogens is 1. The molecule has 2 aromatic rings. The number of nitrogens with zero attached hydrogens (tertiary/aromatic N) is 2. The van der Waals surface area contributed by atoms with Crippen molar-refractivity contribution < 1.29 is 9.53 Å². The fourth-order valence-corrected chi connectivity index (χ4v) is 3.49. The van der Waals surface area contributed by atoms with Crippen LogP contribution in [0.3, 0.4) is 0 Å². The zero-order chi connectivity index (χ0) is 18.5. The molecule has 1 aromatic carbocycles. The molecule has 1 aliphatic heterocycles. The van der Waals surface area contributed by atoms with E-state index in [2.05, 4.69) is 11.4 Å². The van der Waals surface area contributed by atoms with Crippen molar-refractivity contribution in [1.29, 1.82) is 0 Å². The van der Waals surface area contributed by atoms with E-state index in [9.17, 15) is 4.79 Å². The van der Waals surface area contributed by atoms with Gasteiger partial charge in [0.05, 0.1) is 7.11 Å². The molecule has 1 N–H and O–H groups in total. The molecule has 0 radical (unpaired) electrons. The molecule has 0 saturated carbocycles. The summed E-state index contributed by atoms with van der Waals surface area (Å²) in [7, 11) is 1.66. The Kier molecular flexibility index (Phi) is 5.76. The number of ether oxygens (including phenoxy) is 1. The second-order valence-corrected chi connectivity index (χ2v) is 6.81. The quantitative estimate of drug-likeness (QED) is 0.873. The smallest absolute Gasteiger partial charge is 0.222 e. The van der Waals surface area contributed by atoms with Crippen LogP contribution in [0, 0.1) is 6.92 Å². The van der Waals surface area contributed by atoms with Gasteiger partial charge in [0.25, 0.3) is 0 Å². The zero-order valence-electron chi connectivity index (χ0n) is 15.8. The molecule has 1 aromatic heterocycles. The summed E-state index contributed by atoms with van der Waals surface area (Å²) in [6.45, 7) is 5.57.